The normalized spacial score (nSPS) is 25.9. The molecule has 1 aromatic carbocycles. The molecule has 3 heterocycles. The van der Waals surface area contributed by atoms with Gasteiger partial charge in [0.25, 0.3) is 0 Å². The molecule has 0 spiro atoms. The Morgan fingerprint density at radius 3 is 2.53 bits per heavy atom. The van der Waals surface area contributed by atoms with Gasteiger partial charge in [0.2, 0.25) is 0 Å². The molecule has 0 unspecified atom stereocenters. The number of ether oxygens (including phenoxy) is 3. The minimum atomic E-state index is 0.162. The molecule has 0 atom stereocenters. The topological polar surface area (TPSA) is 95.1 Å². The van der Waals surface area contributed by atoms with E-state index in [4.69, 9.17) is 24.9 Å². The van der Waals surface area contributed by atoms with Crippen LogP contribution in [0.5, 0.6) is 5.75 Å². The van der Waals surface area contributed by atoms with Crippen molar-refractivity contribution in [2.75, 3.05) is 44.4 Å². The molecular weight excluding hydrogens is 382 g/mol. The van der Waals surface area contributed by atoms with Crippen LogP contribution in [-0.4, -0.2) is 67.5 Å². The second kappa shape index (κ2) is 8.73. The van der Waals surface area contributed by atoms with Gasteiger partial charge in [-0.3, -0.25) is 9.98 Å². The molecule has 1 aromatic heterocycles. The fourth-order valence-electron chi connectivity index (χ4n) is 4.32. The van der Waals surface area contributed by atoms with E-state index >= 15 is 0 Å². The zero-order chi connectivity index (χ0) is 20.3. The van der Waals surface area contributed by atoms with Gasteiger partial charge < -0.3 is 24.8 Å². The molecule has 0 amide bonds. The molecule has 0 radical (unpaired) electrons. The second-order valence-electron chi connectivity index (χ2n) is 8.30. The first kappa shape index (κ1) is 19.5. The number of hydrogen-bond acceptors (Lipinski definition) is 7. The Morgan fingerprint density at radius 2 is 1.80 bits per heavy atom. The summed E-state index contributed by atoms with van der Waals surface area (Å²) in [7, 11) is 0. The lowest BCUT2D eigenvalue weighted by Crippen LogP contribution is -2.40. The average Bonchev–Trinajstić information content (AvgIpc) is 2.74. The van der Waals surface area contributed by atoms with E-state index in [1.165, 1.54) is 0 Å². The number of aromatic nitrogens is 2. The van der Waals surface area contributed by atoms with Crippen LogP contribution >= 0.6 is 0 Å². The maximum Gasteiger partial charge on any atom is 0.149 e. The van der Waals surface area contributed by atoms with Crippen LogP contribution in [0.3, 0.4) is 0 Å². The summed E-state index contributed by atoms with van der Waals surface area (Å²) >= 11 is 0. The van der Waals surface area contributed by atoms with Crippen molar-refractivity contribution in [3.8, 4) is 5.75 Å². The number of fused-ring (bicyclic) bond motifs is 1. The van der Waals surface area contributed by atoms with Crippen molar-refractivity contribution in [2.24, 2.45) is 16.6 Å². The van der Waals surface area contributed by atoms with Gasteiger partial charge in [-0.25, -0.2) is 4.98 Å². The SMILES string of the molecule is NC(=NC1CCC(Oc2cc(N3CCOCC3)cc3nccnc23)CC1)C1COC1. The molecule has 3 aliphatic rings. The minimum Gasteiger partial charge on any atom is -0.488 e. The zero-order valence-electron chi connectivity index (χ0n) is 17.2. The lowest BCUT2D eigenvalue weighted by Gasteiger charge is -2.31. The summed E-state index contributed by atoms with van der Waals surface area (Å²) in [5.41, 5.74) is 8.94. The number of anilines is 1. The van der Waals surface area contributed by atoms with Gasteiger partial charge in [-0.1, -0.05) is 0 Å². The van der Waals surface area contributed by atoms with Gasteiger partial charge in [-0.2, -0.15) is 0 Å². The van der Waals surface area contributed by atoms with Gasteiger partial charge in [0.05, 0.1) is 50.0 Å². The predicted molar refractivity (Wildman–Crippen MR) is 115 cm³/mol. The zero-order valence-corrected chi connectivity index (χ0v) is 17.2. The fourth-order valence-corrected chi connectivity index (χ4v) is 4.32. The third kappa shape index (κ3) is 4.20. The van der Waals surface area contributed by atoms with Crippen molar-refractivity contribution in [3.05, 3.63) is 24.5 Å². The van der Waals surface area contributed by atoms with Gasteiger partial charge in [0.1, 0.15) is 17.1 Å². The number of nitrogens with zero attached hydrogens (tertiary/aromatic N) is 4. The number of morpholine rings is 1. The van der Waals surface area contributed by atoms with Crippen LogP contribution in [-0.2, 0) is 9.47 Å². The Labute approximate surface area is 176 Å². The van der Waals surface area contributed by atoms with Crippen molar-refractivity contribution >= 4 is 22.6 Å². The maximum absolute atomic E-state index is 6.47. The third-order valence-electron chi connectivity index (χ3n) is 6.23. The highest BCUT2D eigenvalue weighted by molar-refractivity contribution is 5.85. The van der Waals surface area contributed by atoms with Crippen LogP contribution in [0.2, 0.25) is 0 Å². The molecule has 2 aromatic rings. The van der Waals surface area contributed by atoms with Gasteiger partial charge >= 0.3 is 0 Å². The standard InChI is InChI=1S/C22H29N5O3/c23-22(15-13-29-14-15)26-16-1-3-18(4-2-16)30-20-12-17(27-7-9-28-10-8-27)11-19-21(20)25-6-5-24-19/h5-6,11-12,15-16,18H,1-4,7-10,13-14H2,(H2,23,26). The van der Waals surface area contributed by atoms with Crippen LogP contribution < -0.4 is 15.4 Å². The van der Waals surface area contributed by atoms with Gasteiger partial charge in [-0.05, 0) is 31.7 Å². The maximum atomic E-state index is 6.47. The van der Waals surface area contributed by atoms with Gasteiger partial charge in [-0.15, -0.1) is 0 Å². The predicted octanol–water partition coefficient (Wildman–Crippen LogP) is 2.16. The molecule has 3 fully saturated rings. The molecule has 2 saturated heterocycles. The minimum absolute atomic E-state index is 0.162. The quantitative estimate of drug-likeness (QED) is 0.595. The molecule has 1 saturated carbocycles. The van der Waals surface area contributed by atoms with Crippen LogP contribution in [0.25, 0.3) is 11.0 Å². The molecule has 30 heavy (non-hydrogen) atoms. The van der Waals surface area contributed by atoms with Crippen molar-refractivity contribution in [1.29, 1.82) is 0 Å². The van der Waals surface area contributed by atoms with E-state index in [1.54, 1.807) is 12.4 Å². The highest BCUT2D eigenvalue weighted by Crippen LogP contribution is 2.33. The van der Waals surface area contributed by atoms with Crippen molar-refractivity contribution in [1.82, 2.24) is 9.97 Å². The van der Waals surface area contributed by atoms with Crippen LogP contribution in [0, 0.1) is 5.92 Å². The van der Waals surface area contributed by atoms with Crippen molar-refractivity contribution in [2.45, 2.75) is 37.8 Å². The molecular formula is C22H29N5O3. The number of aliphatic imine (C=N–C) groups is 1. The Bertz CT molecular complexity index is 903. The third-order valence-corrected chi connectivity index (χ3v) is 6.23. The molecule has 1 aliphatic carbocycles. The van der Waals surface area contributed by atoms with Crippen LogP contribution in [0.4, 0.5) is 5.69 Å². The summed E-state index contributed by atoms with van der Waals surface area (Å²) in [4.78, 5) is 16.1. The van der Waals surface area contributed by atoms with E-state index in [0.717, 1.165) is 80.3 Å². The monoisotopic (exact) mass is 411 g/mol. The van der Waals surface area contributed by atoms with E-state index in [0.29, 0.717) is 25.2 Å². The summed E-state index contributed by atoms with van der Waals surface area (Å²) < 4.78 is 17.2. The molecule has 2 aliphatic heterocycles. The van der Waals surface area contributed by atoms with Crippen molar-refractivity contribution in [3.63, 3.8) is 0 Å². The van der Waals surface area contributed by atoms with E-state index in [9.17, 15) is 0 Å². The smallest absolute Gasteiger partial charge is 0.149 e. The van der Waals surface area contributed by atoms with Gasteiger partial charge in [0, 0.05) is 37.2 Å². The number of hydrogen-bond donors (Lipinski definition) is 1. The first-order valence-corrected chi connectivity index (χ1v) is 10.9. The second-order valence-corrected chi connectivity index (χ2v) is 8.30. The van der Waals surface area contributed by atoms with Crippen LogP contribution in [0.1, 0.15) is 25.7 Å². The highest BCUT2D eigenvalue weighted by Gasteiger charge is 2.27. The Kier molecular flexibility index (Phi) is 5.68. The Morgan fingerprint density at radius 1 is 1.03 bits per heavy atom. The summed E-state index contributed by atoms with van der Waals surface area (Å²) in [5.74, 6) is 1.89. The van der Waals surface area contributed by atoms with Gasteiger partial charge in [0.15, 0.2) is 0 Å². The summed E-state index contributed by atoms with van der Waals surface area (Å²) in [6.07, 6.45) is 7.53. The summed E-state index contributed by atoms with van der Waals surface area (Å²) in [6.45, 7) is 4.66. The number of amidine groups is 1. The van der Waals surface area contributed by atoms with E-state index in [1.807, 2.05) is 0 Å². The Balaban J connectivity index is 1.29. The molecule has 0 bridgehead atoms. The molecule has 8 heteroatoms. The molecule has 8 nitrogen and oxygen atoms in total. The average molecular weight is 412 g/mol. The molecule has 2 N–H and O–H groups in total. The lowest BCUT2D eigenvalue weighted by atomic mass is 9.93. The highest BCUT2D eigenvalue weighted by atomic mass is 16.5. The van der Waals surface area contributed by atoms with E-state index in [2.05, 4.69) is 27.0 Å². The first-order valence-electron chi connectivity index (χ1n) is 10.9. The largest absolute Gasteiger partial charge is 0.488 e. The van der Waals surface area contributed by atoms with E-state index < -0.39 is 0 Å². The lowest BCUT2D eigenvalue weighted by molar-refractivity contribution is 0.00104. The van der Waals surface area contributed by atoms with Crippen LogP contribution in [0.15, 0.2) is 29.5 Å². The summed E-state index contributed by atoms with van der Waals surface area (Å²) in [5, 5.41) is 0. The van der Waals surface area contributed by atoms with Crippen molar-refractivity contribution < 1.29 is 14.2 Å². The molecule has 160 valence electrons. The number of nitrogens with two attached hydrogens (primary N) is 1. The fraction of sp³-hybridized carbons (Fsp3) is 0.591. The summed E-state index contributed by atoms with van der Waals surface area (Å²) in [6, 6.07) is 4.50. The van der Waals surface area contributed by atoms with E-state index in [-0.39, 0.29) is 6.10 Å². The molecule has 5 rings (SSSR count). The number of benzene rings is 1. The first-order chi connectivity index (χ1) is 14.8. The number of rotatable bonds is 5. The Hall–Kier alpha value is -2.45.